The Morgan fingerprint density at radius 3 is 2.28 bits per heavy atom. The van der Waals surface area contributed by atoms with E-state index >= 15 is 0 Å². The number of aryl methyl sites for hydroxylation is 1. The Kier molecular flexibility index (Phi) is 4.94. The van der Waals surface area contributed by atoms with Crippen molar-refractivity contribution in [2.24, 2.45) is 4.40 Å². The van der Waals surface area contributed by atoms with Crippen LogP contribution in [-0.2, 0) is 10.0 Å². The number of para-hydroxylation sites is 2. The quantitative estimate of drug-likeness (QED) is 0.601. The largest absolute Gasteiger partial charge is 0.359 e. The van der Waals surface area contributed by atoms with E-state index in [9.17, 15) is 12.8 Å². The van der Waals surface area contributed by atoms with Crippen molar-refractivity contribution in [3.63, 3.8) is 0 Å². The Labute approximate surface area is 168 Å². The van der Waals surface area contributed by atoms with Crippen LogP contribution in [0.15, 0.2) is 82.1 Å². The molecule has 0 aromatic heterocycles. The molecule has 29 heavy (non-hydrogen) atoms. The van der Waals surface area contributed by atoms with Gasteiger partial charge in [-0.25, -0.2) is 4.39 Å². The summed E-state index contributed by atoms with van der Waals surface area (Å²) in [5.74, 6) is -0.167. The first kappa shape index (κ1) is 18.9. The van der Waals surface area contributed by atoms with Crippen molar-refractivity contribution < 1.29 is 12.8 Å². The first-order chi connectivity index (χ1) is 13.9. The zero-order chi connectivity index (χ0) is 20.4. The molecular weight excluding hydrogens is 391 g/mol. The summed E-state index contributed by atoms with van der Waals surface area (Å²) in [5.41, 5.74) is 3.07. The molecule has 3 aromatic carbocycles. The average Bonchev–Trinajstić information content (AvgIpc) is 2.70. The maximum atomic E-state index is 13.2. The van der Waals surface area contributed by atoms with Crippen molar-refractivity contribution >= 4 is 32.9 Å². The predicted octanol–water partition coefficient (Wildman–Crippen LogP) is 4.20. The van der Waals surface area contributed by atoms with Gasteiger partial charge in [0.2, 0.25) is 0 Å². The van der Waals surface area contributed by atoms with Crippen LogP contribution in [0.2, 0.25) is 0 Å². The highest BCUT2D eigenvalue weighted by atomic mass is 32.2. The molecule has 0 amide bonds. The smallest absolute Gasteiger partial charge is 0.284 e. The van der Waals surface area contributed by atoms with E-state index in [4.69, 9.17) is 0 Å². The van der Waals surface area contributed by atoms with Gasteiger partial charge in [-0.05, 0) is 55.5 Å². The van der Waals surface area contributed by atoms with E-state index in [1.807, 2.05) is 31.2 Å². The molecule has 1 atom stereocenters. The number of benzene rings is 3. The van der Waals surface area contributed by atoms with Gasteiger partial charge in [0.05, 0.1) is 16.3 Å². The van der Waals surface area contributed by atoms with Crippen LogP contribution in [0.4, 0.5) is 21.5 Å². The number of hydrogen-bond donors (Lipinski definition) is 3. The monoisotopic (exact) mass is 410 g/mol. The van der Waals surface area contributed by atoms with Crippen molar-refractivity contribution in [2.45, 2.75) is 18.0 Å². The number of hydrogen-bond acceptors (Lipinski definition) is 4. The lowest BCUT2D eigenvalue weighted by Crippen LogP contribution is -2.45. The fourth-order valence-electron chi connectivity index (χ4n) is 2.94. The summed E-state index contributed by atoms with van der Waals surface area (Å²) in [6, 6.07) is 19.7. The van der Waals surface area contributed by atoms with Gasteiger partial charge in [0, 0.05) is 5.69 Å². The number of nitrogens with zero attached hydrogens (tertiary/aromatic N) is 1. The summed E-state index contributed by atoms with van der Waals surface area (Å²) in [5, 5.41) is 9.47. The normalized spacial score (nSPS) is 17.2. The van der Waals surface area contributed by atoms with Gasteiger partial charge < -0.3 is 16.0 Å². The predicted molar refractivity (Wildman–Crippen MR) is 113 cm³/mol. The summed E-state index contributed by atoms with van der Waals surface area (Å²) in [4.78, 5) is 0.108. The Balaban J connectivity index is 1.71. The van der Waals surface area contributed by atoms with Crippen LogP contribution < -0.4 is 16.0 Å². The summed E-state index contributed by atoms with van der Waals surface area (Å²) in [7, 11) is -3.93. The van der Waals surface area contributed by atoms with E-state index in [0.29, 0.717) is 11.4 Å². The van der Waals surface area contributed by atoms with E-state index in [-0.39, 0.29) is 16.5 Å². The first-order valence-electron chi connectivity index (χ1n) is 8.97. The van der Waals surface area contributed by atoms with Gasteiger partial charge in [-0.3, -0.25) is 0 Å². The third-order valence-corrected chi connectivity index (χ3v) is 5.76. The van der Waals surface area contributed by atoms with Gasteiger partial charge in [0.1, 0.15) is 5.82 Å². The molecule has 0 aliphatic carbocycles. The lowest BCUT2D eigenvalue weighted by Gasteiger charge is -2.30. The van der Waals surface area contributed by atoms with Crippen LogP contribution in [0.3, 0.4) is 0 Å². The maximum Gasteiger partial charge on any atom is 0.284 e. The lowest BCUT2D eigenvalue weighted by molar-refractivity contribution is 0.598. The summed E-state index contributed by atoms with van der Waals surface area (Å²) in [6.45, 7) is 1.88. The minimum atomic E-state index is -3.93. The Morgan fingerprint density at radius 1 is 0.931 bits per heavy atom. The number of nitrogens with one attached hydrogen (secondary N) is 3. The summed E-state index contributed by atoms with van der Waals surface area (Å²) in [6.07, 6.45) is -0.657. The second-order valence-corrected chi connectivity index (χ2v) is 8.27. The SMILES string of the molecule is Cc1ccc(S(=O)(=O)/N=C2\Nc3ccccc3NC2Nc2ccc(F)cc2)cc1. The highest BCUT2D eigenvalue weighted by Gasteiger charge is 2.26. The number of fused-ring (bicyclic) bond motifs is 1. The minimum absolute atomic E-state index is 0.108. The highest BCUT2D eigenvalue weighted by molar-refractivity contribution is 7.90. The second kappa shape index (κ2) is 7.56. The van der Waals surface area contributed by atoms with E-state index < -0.39 is 16.2 Å². The molecule has 1 aliphatic heterocycles. The lowest BCUT2D eigenvalue weighted by atomic mass is 10.2. The fourth-order valence-corrected chi connectivity index (χ4v) is 3.93. The zero-order valence-electron chi connectivity index (χ0n) is 15.6. The number of anilines is 3. The standard InChI is InChI=1S/C21H19FN4O2S/c1-14-6-12-17(13-7-14)29(27,28)26-21-20(23-16-10-8-15(22)9-11-16)24-18-4-2-3-5-19(18)25-21/h2-13,20,23-24H,1H3,(H,25,26). The van der Waals surface area contributed by atoms with E-state index in [1.165, 1.54) is 24.3 Å². The molecule has 0 radical (unpaired) electrons. The topological polar surface area (TPSA) is 82.6 Å². The molecule has 0 spiro atoms. The van der Waals surface area contributed by atoms with Crippen LogP contribution in [0.5, 0.6) is 0 Å². The molecule has 0 bridgehead atoms. The molecule has 1 heterocycles. The number of amidine groups is 1. The summed E-state index contributed by atoms with van der Waals surface area (Å²) < 4.78 is 42.9. The molecule has 3 aromatic rings. The molecule has 0 saturated heterocycles. The van der Waals surface area contributed by atoms with Crippen LogP contribution >= 0.6 is 0 Å². The molecule has 8 heteroatoms. The molecule has 1 aliphatic rings. The van der Waals surface area contributed by atoms with Crippen LogP contribution in [0, 0.1) is 12.7 Å². The zero-order valence-corrected chi connectivity index (χ0v) is 16.4. The fraction of sp³-hybridized carbons (Fsp3) is 0.0952. The van der Waals surface area contributed by atoms with Gasteiger partial charge in [-0.1, -0.05) is 29.8 Å². The molecule has 1 unspecified atom stereocenters. The Morgan fingerprint density at radius 2 is 1.59 bits per heavy atom. The van der Waals surface area contributed by atoms with Crippen molar-refractivity contribution in [1.82, 2.24) is 0 Å². The van der Waals surface area contributed by atoms with Crippen molar-refractivity contribution in [2.75, 3.05) is 16.0 Å². The van der Waals surface area contributed by atoms with Gasteiger partial charge in [-0.15, -0.1) is 4.40 Å². The number of rotatable bonds is 4. The van der Waals surface area contributed by atoms with E-state index in [2.05, 4.69) is 20.3 Å². The highest BCUT2D eigenvalue weighted by Crippen LogP contribution is 2.28. The van der Waals surface area contributed by atoms with Crippen molar-refractivity contribution in [1.29, 1.82) is 0 Å². The Hall–Kier alpha value is -3.39. The van der Waals surface area contributed by atoms with E-state index in [1.54, 1.807) is 24.3 Å². The Bertz CT molecular complexity index is 1160. The van der Waals surface area contributed by atoms with Crippen molar-refractivity contribution in [3.05, 3.63) is 84.2 Å². The van der Waals surface area contributed by atoms with Crippen molar-refractivity contribution in [3.8, 4) is 0 Å². The second-order valence-electron chi connectivity index (χ2n) is 6.66. The minimum Gasteiger partial charge on any atom is -0.359 e. The van der Waals surface area contributed by atoms with Gasteiger partial charge in [-0.2, -0.15) is 8.42 Å². The molecule has 0 saturated carbocycles. The summed E-state index contributed by atoms with van der Waals surface area (Å²) >= 11 is 0. The van der Waals surface area contributed by atoms with Crippen LogP contribution in [-0.4, -0.2) is 20.4 Å². The average molecular weight is 410 g/mol. The van der Waals surface area contributed by atoms with E-state index in [0.717, 1.165) is 11.3 Å². The maximum absolute atomic E-state index is 13.2. The molecule has 6 nitrogen and oxygen atoms in total. The first-order valence-corrected chi connectivity index (χ1v) is 10.4. The van der Waals surface area contributed by atoms with Gasteiger partial charge in [0.15, 0.2) is 12.0 Å². The van der Waals surface area contributed by atoms with Crippen LogP contribution in [0.1, 0.15) is 5.56 Å². The number of sulfonamides is 1. The third-order valence-electron chi connectivity index (χ3n) is 4.46. The molecule has 4 rings (SSSR count). The third kappa shape index (κ3) is 4.22. The van der Waals surface area contributed by atoms with Crippen LogP contribution in [0.25, 0.3) is 0 Å². The van der Waals surface area contributed by atoms with Gasteiger partial charge >= 0.3 is 0 Å². The molecular formula is C21H19FN4O2S. The number of halogens is 1. The van der Waals surface area contributed by atoms with Gasteiger partial charge in [0.25, 0.3) is 10.0 Å². The molecule has 148 valence electrons. The molecule has 3 N–H and O–H groups in total. The molecule has 0 fully saturated rings.